The lowest BCUT2D eigenvalue weighted by atomic mass is 9.92. The number of amides is 1. The van der Waals surface area contributed by atoms with E-state index in [1.165, 1.54) is 18.2 Å². The van der Waals surface area contributed by atoms with Crippen LogP contribution in [0.5, 0.6) is 0 Å². The van der Waals surface area contributed by atoms with Crippen molar-refractivity contribution in [2.24, 2.45) is 0 Å². The SMILES string of the molecule is Cc1cc(C)cc(Cc2ccc3ccccc3c2/C=C(\C#N)C(=O)Nc2cccc(C(F)(F)F)c2)c1. The fourth-order valence-electron chi connectivity index (χ4n) is 4.32. The van der Waals surface area contributed by atoms with Crippen LogP contribution in [-0.2, 0) is 17.4 Å². The third-order valence-corrected chi connectivity index (χ3v) is 5.84. The summed E-state index contributed by atoms with van der Waals surface area (Å²) in [7, 11) is 0. The van der Waals surface area contributed by atoms with Gasteiger partial charge in [0.15, 0.2) is 0 Å². The number of rotatable bonds is 5. The van der Waals surface area contributed by atoms with Crippen LogP contribution in [-0.4, -0.2) is 5.91 Å². The lowest BCUT2D eigenvalue weighted by Crippen LogP contribution is -2.14. The number of alkyl halides is 3. The van der Waals surface area contributed by atoms with E-state index in [0.717, 1.165) is 50.7 Å². The lowest BCUT2D eigenvalue weighted by Gasteiger charge is -2.13. The molecular formula is C30H23F3N2O. The molecule has 0 aliphatic carbocycles. The average Bonchev–Trinajstić information content (AvgIpc) is 2.82. The molecule has 0 saturated heterocycles. The summed E-state index contributed by atoms with van der Waals surface area (Å²) in [5.74, 6) is -0.776. The molecular weight excluding hydrogens is 461 g/mol. The van der Waals surface area contributed by atoms with E-state index in [-0.39, 0.29) is 11.3 Å². The van der Waals surface area contributed by atoms with E-state index in [4.69, 9.17) is 0 Å². The molecule has 0 radical (unpaired) electrons. The highest BCUT2D eigenvalue weighted by atomic mass is 19.4. The molecule has 36 heavy (non-hydrogen) atoms. The molecule has 1 N–H and O–H groups in total. The number of anilines is 1. The summed E-state index contributed by atoms with van der Waals surface area (Å²) in [6.07, 6.45) is -2.43. The molecule has 3 nitrogen and oxygen atoms in total. The van der Waals surface area contributed by atoms with E-state index in [1.54, 1.807) is 0 Å². The van der Waals surface area contributed by atoms with E-state index >= 15 is 0 Å². The first kappa shape index (κ1) is 24.7. The minimum atomic E-state index is -4.54. The van der Waals surface area contributed by atoms with Crippen molar-refractivity contribution < 1.29 is 18.0 Å². The van der Waals surface area contributed by atoms with Crippen molar-refractivity contribution in [1.82, 2.24) is 0 Å². The van der Waals surface area contributed by atoms with Gasteiger partial charge in [-0.2, -0.15) is 18.4 Å². The Labute approximate surface area is 207 Å². The molecule has 0 fully saturated rings. The summed E-state index contributed by atoms with van der Waals surface area (Å²) in [5.41, 5.74) is 3.91. The molecule has 0 aliphatic heterocycles. The highest BCUT2D eigenvalue weighted by Gasteiger charge is 2.30. The fourth-order valence-corrected chi connectivity index (χ4v) is 4.32. The van der Waals surface area contributed by atoms with Crippen LogP contribution in [0, 0.1) is 25.2 Å². The normalized spacial score (nSPS) is 11.8. The summed E-state index contributed by atoms with van der Waals surface area (Å²) in [5, 5.41) is 14.0. The zero-order valence-corrected chi connectivity index (χ0v) is 19.8. The van der Waals surface area contributed by atoms with Gasteiger partial charge in [-0.3, -0.25) is 4.79 Å². The number of hydrogen-bond acceptors (Lipinski definition) is 2. The Bertz CT molecular complexity index is 1510. The molecule has 0 atom stereocenters. The van der Waals surface area contributed by atoms with Crippen LogP contribution >= 0.6 is 0 Å². The van der Waals surface area contributed by atoms with Crippen molar-refractivity contribution in [2.45, 2.75) is 26.4 Å². The number of benzene rings is 4. The monoisotopic (exact) mass is 484 g/mol. The highest BCUT2D eigenvalue weighted by molar-refractivity contribution is 6.11. The molecule has 4 aromatic rings. The molecule has 6 heteroatoms. The largest absolute Gasteiger partial charge is 0.416 e. The minimum absolute atomic E-state index is 0.0376. The average molecular weight is 485 g/mol. The van der Waals surface area contributed by atoms with Crippen molar-refractivity contribution in [3.63, 3.8) is 0 Å². The van der Waals surface area contributed by atoms with Crippen LogP contribution in [0.2, 0.25) is 0 Å². The van der Waals surface area contributed by atoms with E-state index in [2.05, 4.69) is 23.5 Å². The maximum absolute atomic E-state index is 13.1. The van der Waals surface area contributed by atoms with Crippen molar-refractivity contribution in [1.29, 1.82) is 5.26 Å². The van der Waals surface area contributed by atoms with Gasteiger partial charge in [-0.05, 0) is 72.0 Å². The minimum Gasteiger partial charge on any atom is -0.321 e. The van der Waals surface area contributed by atoms with Crippen LogP contribution in [0.25, 0.3) is 16.8 Å². The Kier molecular flexibility index (Phi) is 6.93. The molecule has 0 aromatic heterocycles. The van der Waals surface area contributed by atoms with Gasteiger partial charge in [-0.1, -0.05) is 71.8 Å². The summed E-state index contributed by atoms with van der Waals surface area (Å²) >= 11 is 0. The Morgan fingerprint density at radius 2 is 1.67 bits per heavy atom. The molecule has 0 heterocycles. The van der Waals surface area contributed by atoms with Crippen LogP contribution < -0.4 is 5.32 Å². The Morgan fingerprint density at radius 1 is 0.944 bits per heavy atom. The lowest BCUT2D eigenvalue weighted by molar-refractivity contribution is -0.137. The van der Waals surface area contributed by atoms with Gasteiger partial charge in [-0.15, -0.1) is 0 Å². The maximum Gasteiger partial charge on any atom is 0.416 e. The Morgan fingerprint density at radius 3 is 2.36 bits per heavy atom. The van der Waals surface area contributed by atoms with Gasteiger partial charge in [0.25, 0.3) is 5.91 Å². The van der Waals surface area contributed by atoms with Crippen molar-refractivity contribution in [3.05, 3.63) is 118 Å². The third-order valence-electron chi connectivity index (χ3n) is 5.84. The number of carbonyl (C=O) groups is 1. The summed E-state index contributed by atoms with van der Waals surface area (Å²) < 4.78 is 39.2. The topological polar surface area (TPSA) is 52.9 Å². The second-order valence-corrected chi connectivity index (χ2v) is 8.73. The first-order chi connectivity index (χ1) is 17.1. The van der Waals surface area contributed by atoms with E-state index in [1.807, 2.05) is 56.3 Å². The second kappa shape index (κ2) is 10.1. The zero-order valence-electron chi connectivity index (χ0n) is 19.8. The van der Waals surface area contributed by atoms with Gasteiger partial charge in [0.1, 0.15) is 11.6 Å². The predicted octanol–water partition coefficient (Wildman–Crippen LogP) is 7.61. The van der Waals surface area contributed by atoms with E-state index in [9.17, 15) is 23.2 Å². The number of fused-ring (bicyclic) bond motifs is 1. The summed E-state index contributed by atoms with van der Waals surface area (Å²) in [4.78, 5) is 12.9. The number of hydrogen-bond donors (Lipinski definition) is 1. The van der Waals surface area contributed by atoms with Crippen LogP contribution in [0.15, 0.2) is 84.4 Å². The molecule has 1 amide bonds. The molecule has 0 saturated carbocycles. The molecule has 180 valence electrons. The van der Waals surface area contributed by atoms with Crippen molar-refractivity contribution in [2.75, 3.05) is 5.32 Å². The van der Waals surface area contributed by atoms with Gasteiger partial charge in [0.2, 0.25) is 0 Å². The Balaban J connectivity index is 1.75. The molecule has 0 unspecified atom stereocenters. The summed E-state index contributed by atoms with van der Waals surface area (Å²) in [6.45, 7) is 4.06. The Hall–Kier alpha value is -4.37. The van der Waals surface area contributed by atoms with Gasteiger partial charge in [0, 0.05) is 5.69 Å². The third kappa shape index (κ3) is 5.64. The highest BCUT2D eigenvalue weighted by Crippen LogP contribution is 2.31. The van der Waals surface area contributed by atoms with Gasteiger partial charge < -0.3 is 5.32 Å². The number of halogens is 3. The van der Waals surface area contributed by atoms with Gasteiger partial charge in [0.05, 0.1) is 5.56 Å². The predicted molar refractivity (Wildman–Crippen MR) is 136 cm³/mol. The van der Waals surface area contributed by atoms with E-state index < -0.39 is 17.6 Å². The van der Waals surface area contributed by atoms with Crippen LogP contribution in [0.4, 0.5) is 18.9 Å². The molecule has 4 rings (SSSR count). The first-order valence-electron chi connectivity index (χ1n) is 11.3. The van der Waals surface area contributed by atoms with Crippen molar-refractivity contribution in [3.8, 4) is 6.07 Å². The maximum atomic E-state index is 13.1. The number of aryl methyl sites for hydroxylation is 2. The van der Waals surface area contributed by atoms with Gasteiger partial charge >= 0.3 is 6.18 Å². The second-order valence-electron chi connectivity index (χ2n) is 8.73. The smallest absolute Gasteiger partial charge is 0.321 e. The van der Waals surface area contributed by atoms with Crippen molar-refractivity contribution >= 4 is 28.4 Å². The standard InChI is InChI=1S/C30H23F3N2O/c1-19-12-20(2)14-21(13-19)15-23-11-10-22-6-3-4-9-27(22)28(23)16-24(18-34)29(36)35-26-8-5-7-25(17-26)30(31,32)33/h3-14,16-17H,15H2,1-2H3,(H,35,36)/b24-16+. The number of carbonyl (C=O) groups excluding carboxylic acids is 1. The van der Waals surface area contributed by atoms with Crippen LogP contribution in [0.1, 0.15) is 33.4 Å². The molecule has 0 bridgehead atoms. The molecule has 0 aliphatic rings. The number of nitriles is 1. The first-order valence-corrected chi connectivity index (χ1v) is 11.3. The fraction of sp³-hybridized carbons (Fsp3) is 0.133. The number of nitrogens with zero attached hydrogens (tertiary/aromatic N) is 1. The van der Waals surface area contributed by atoms with Crippen LogP contribution in [0.3, 0.4) is 0 Å². The quantitative estimate of drug-likeness (QED) is 0.234. The number of nitrogens with one attached hydrogen (secondary N) is 1. The van der Waals surface area contributed by atoms with E-state index in [0.29, 0.717) is 6.42 Å². The zero-order chi connectivity index (χ0) is 25.9. The summed E-state index contributed by atoms with van der Waals surface area (Å²) in [6, 6.07) is 24.2. The molecule has 0 spiro atoms. The van der Waals surface area contributed by atoms with Gasteiger partial charge in [-0.25, -0.2) is 0 Å². The molecule has 4 aromatic carbocycles.